The molecular formula is C18H23NO3. The van der Waals surface area contributed by atoms with E-state index >= 15 is 0 Å². The van der Waals surface area contributed by atoms with Crippen molar-refractivity contribution < 1.29 is 14.3 Å². The number of carbonyl (C=O) groups is 2. The number of allylic oxidation sites excluding steroid dienone is 1. The van der Waals surface area contributed by atoms with Crippen LogP contribution in [0.3, 0.4) is 0 Å². The summed E-state index contributed by atoms with van der Waals surface area (Å²) in [5, 5.41) is 2.83. The topological polar surface area (TPSA) is 55.4 Å². The molecule has 0 saturated carbocycles. The first-order valence-electron chi connectivity index (χ1n) is 7.88. The summed E-state index contributed by atoms with van der Waals surface area (Å²) in [6.07, 6.45) is 7.16. The van der Waals surface area contributed by atoms with Gasteiger partial charge in [-0.3, -0.25) is 4.79 Å². The molecule has 1 aromatic carbocycles. The standard InChI is InChI=1S/C18H23NO3/c1-14(22-18(21)16-10-6-3-7-11-16)17(20)19-13-12-15-8-4-2-5-9-15/h3,6-8,10-11,14H,2,4-5,9,12-13H2,1H3,(H,19,20)/t14-/m1/s1. The quantitative estimate of drug-likeness (QED) is 0.648. The molecule has 0 saturated heterocycles. The molecule has 1 amide bonds. The van der Waals surface area contributed by atoms with Crippen molar-refractivity contribution in [1.29, 1.82) is 0 Å². The second-order valence-electron chi connectivity index (χ2n) is 5.56. The van der Waals surface area contributed by atoms with Crippen LogP contribution in [0.2, 0.25) is 0 Å². The molecule has 0 aromatic heterocycles. The van der Waals surface area contributed by atoms with Gasteiger partial charge in [-0.25, -0.2) is 4.79 Å². The van der Waals surface area contributed by atoms with Crippen molar-refractivity contribution >= 4 is 11.9 Å². The summed E-state index contributed by atoms with van der Waals surface area (Å²) in [4.78, 5) is 23.8. The molecule has 1 aliphatic carbocycles. The first kappa shape index (κ1) is 16.3. The lowest BCUT2D eigenvalue weighted by molar-refractivity contribution is -0.129. The SMILES string of the molecule is C[C@@H](OC(=O)c1ccccc1)C(=O)NCCC1=CCCCC1. The van der Waals surface area contributed by atoms with E-state index in [1.165, 1.54) is 18.4 Å². The van der Waals surface area contributed by atoms with Crippen LogP contribution in [0, 0.1) is 0 Å². The smallest absolute Gasteiger partial charge is 0.338 e. The zero-order chi connectivity index (χ0) is 15.8. The van der Waals surface area contributed by atoms with Crippen molar-refractivity contribution in [2.45, 2.75) is 45.1 Å². The molecule has 0 unspecified atom stereocenters. The van der Waals surface area contributed by atoms with E-state index in [2.05, 4.69) is 11.4 Å². The Hall–Kier alpha value is -2.10. The lowest BCUT2D eigenvalue weighted by atomic mass is 9.97. The summed E-state index contributed by atoms with van der Waals surface area (Å²) in [7, 11) is 0. The molecule has 22 heavy (non-hydrogen) atoms. The van der Waals surface area contributed by atoms with E-state index in [4.69, 9.17) is 4.74 Å². The molecule has 0 fully saturated rings. The lowest BCUT2D eigenvalue weighted by Gasteiger charge is -2.15. The van der Waals surface area contributed by atoms with E-state index in [0.717, 1.165) is 19.3 Å². The Balaban J connectivity index is 1.72. The van der Waals surface area contributed by atoms with Crippen LogP contribution < -0.4 is 5.32 Å². The van der Waals surface area contributed by atoms with Crippen LogP contribution in [0.25, 0.3) is 0 Å². The molecule has 0 spiro atoms. The fourth-order valence-corrected chi connectivity index (χ4v) is 2.48. The highest BCUT2D eigenvalue weighted by Gasteiger charge is 2.18. The van der Waals surface area contributed by atoms with Crippen molar-refractivity contribution in [3.05, 3.63) is 47.5 Å². The van der Waals surface area contributed by atoms with Gasteiger partial charge in [-0.15, -0.1) is 0 Å². The fraction of sp³-hybridized carbons (Fsp3) is 0.444. The summed E-state index contributed by atoms with van der Waals surface area (Å²) in [5.41, 5.74) is 1.87. The lowest BCUT2D eigenvalue weighted by Crippen LogP contribution is -2.36. The van der Waals surface area contributed by atoms with Crippen LogP contribution in [0.1, 0.15) is 49.4 Å². The van der Waals surface area contributed by atoms with Crippen molar-refractivity contribution in [1.82, 2.24) is 5.32 Å². The number of carbonyl (C=O) groups excluding carboxylic acids is 2. The molecule has 0 bridgehead atoms. The van der Waals surface area contributed by atoms with E-state index in [0.29, 0.717) is 12.1 Å². The van der Waals surface area contributed by atoms with Gasteiger partial charge >= 0.3 is 5.97 Å². The van der Waals surface area contributed by atoms with E-state index in [1.54, 1.807) is 31.2 Å². The largest absolute Gasteiger partial charge is 0.449 e. The van der Waals surface area contributed by atoms with E-state index in [9.17, 15) is 9.59 Å². The van der Waals surface area contributed by atoms with Crippen molar-refractivity contribution in [3.63, 3.8) is 0 Å². The molecule has 1 aliphatic rings. The zero-order valence-electron chi connectivity index (χ0n) is 13.0. The van der Waals surface area contributed by atoms with Crippen LogP contribution in [0.5, 0.6) is 0 Å². The normalized spacial score (nSPS) is 15.6. The van der Waals surface area contributed by atoms with Gasteiger partial charge in [-0.05, 0) is 51.2 Å². The highest BCUT2D eigenvalue weighted by atomic mass is 16.5. The monoisotopic (exact) mass is 301 g/mol. The van der Waals surface area contributed by atoms with Gasteiger partial charge in [-0.2, -0.15) is 0 Å². The molecule has 0 radical (unpaired) electrons. The highest BCUT2D eigenvalue weighted by Crippen LogP contribution is 2.19. The minimum atomic E-state index is -0.784. The zero-order valence-corrected chi connectivity index (χ0v) is 13.0. The maximum atomic E-state index is 11.9. The summed E-state index contributed by atoms with van der Waals surface area (Å²) < 4.78 is 5.18. The average molecular weight is 301 g/mol. The second-order valence-corrected chi connectivity index (χ2v) is 5.56. The summed E-state index contributed by atoms with van der Waals surface area (Å²) in [5.74, 6) is -0.723. The summed E-state index contributed by atoms with van der Waals surface area (Å²) in [6, 6.07) is 8.69. The molecule has 1 aromatic rings. The van der Waals surface area contributed by atoms with Gasteiger partial charge in [0.05, 0.1) is 5.56 Å². The van der Waals surface area contributed by atoms with Crippen LogP contribution in [0.4, 0.5) is 0 Å². The van der Waals surface area contributed by atoms with Crippen LogP contribution in [-0.4, -0.2) is 24.5 Å². The maximum absolute atomic E-state index is 11.9. The third-order valence-corrected chi connectivity index (χ3v) is 3.79. The molecular weight excluding hydrogens is 278 g/mol. The first-order chi connectivity index (χ1) is 10.7. The predicted molar refractivity (Wildman–Crippen MR) is 85.5 cm³/mol. The summed E-state index contributed by atoms with van der Waals surface area (Å²) >= 11 is 0. The minimum absolute atomic E-state index is 0.249. The Kier molecular flexibility index (Phi) is 6.19. The number of hydrogen-bond donors (Lipinski definition) is 1. The first-order valence-corrected chi connectivity index (χ1v) is 7.88. The molecule has 0 heterocycles. The van der Waals surface area contributed by atoms with Crippen LogP contribution >= 0.6 is 0 Å². The molecule has 118 valence electrons. The second kappa shape index (κ2) is 8.37. The van der Waals surface area contributed by atoms with Gasteiger partial charge in [0.25, 0.3) is 5.91 Å². The van der Waals surface area contributed by atoms with E-state index < -0.39 is 12.1 Å². The van der Waals surface area contributed by atoms with Crippen molar-refractivity contribution in [2.75, 3.05) is 6.54 Å². The van der Waals surface area contributed by atoms with Crippen LogP contribution in [-0.2, 0) is 9.53 Å². The Labute approximate surface area is 131 Å². The van der Waals surface area contributed by atoms with Crippen molar-refractivity contribution in [2.24, 2.45) is 0 Å². The highest BCUT2D eigenvalue weighted by molar-refractivity contribution is 5.92. The Morgan fingerprint density at radius 1 is 1.23 bits per heavy atom. The third-order valence-electron chi connectivity index (χ3n) is 3.79. The molecule has 2 rings (SSSR count). The van der Waals surface area contributed by atoms with Gasteiger partial charge in [0.2, 0.25) is 0 Å². The fourth-order valence-electron chi connectivity index (χ4n) is 2.48. The number of hydrogen-bond acceptors (Lipinski definition) is 3. The average Bonchev–Trinajstić information content (AvgIpc) is 2.56. The number of benzene rings is 1. The van der Waals surface area contributed by atoms with Gasteiger partial charge in [0.15, 0.2) is 6.10 Å². The third kappa shape index (κ3) is 5.02. The number of ether oxygens (including phenoxy) is 1. The Morgan fingerprint density at radius 2 is 2.00 bits per heavy atom. The van der Waals surface area contributed by atoms with Gasteiger partial charge in [-0.1, -0.05) is 29.8 Å². The Bertz CT molecular complexity index is 537. The molecule has 4 heteroatoms. The van der Waals surface area contributed by atoms with Gasteiger partial charge in [0, 0.05) is 6.54 Å². The summed E-state index contributed by atoms with van der Waals surface area (Å²) in [6.45, 7) is 2.19. The van der Waals surface area contributed by atoms with E-state index in [1.807, 2.05) is 6.07 Å². The number of rotatable bonds is 6. The van der Waals surface area contributed by atoms with Gasteiger partial charge in [0.1, 0.15) is 0 Å². The predicted octanol–water partition coefficient (Wildman–Crippen LogP) is 3.24. The minimum Gasteiger partial charge on any atom is -0.449 e. The molecule has 1 N–H and O–H groups in total. The molecule has 1 atom stereocenters. The van der Waals surface area contributed by atoms with E-state index in [-0.39, 0.29) is 5.91 Å². The number of nitrogens with one attached hydrogen (secondary N) is 1. The van der Waals surface area contributed by atoms with Crippen LogP contribution in [0.15, 0.2) is 42.0 Å². The molecule has 0 aliphatic heterocycles. The molecule has 4 nitrogen and oxygen atoms in total. The van der Waals surface area contributed by atoms with Gasteiger partial charge < -0.3 is 10.1 Å². The Morgan fingerprint density at radius 3 is 2.68 bits per heavy atom. The maximum Gasteiger partial charge on any atom is 0.338 e. The number of amides is 1. The number of esters is 1. The van der Waals surface area contributed by atoms with Crippen molar-refractivity contribution in [3.8, 4) is 0 Å².